The van der Waals surface area contributed by atoms with Crippen LogP contribution in [-0.2, 0) is 18.4 Å². The molecule has 0 radical (unpaired) electrons. The highest BCUT2D eigenvalue weighted by atomic mass is 31.2. The smallest absolute Gasteiger partial charge is 0.387 e. The zero-order valence-electron chi connectivity index (χ0n) is 36.8. The number of phosphoric acid groups is 1. The molecule has 57 heavy (non-hydrogen) atoms. The van der Waals surface area contributed by atoms with Crippen molar-refractivity contribution >= 4 is 13.7 Å². The van der Waals surface area contributed by atoms with Crippen LogP contribution >= 0.6 is 7.82 Å². The third-order valence-electron chi connectivity index (χ3n) is 9.06. The number of phosphoric ester groups is 1. The number of likely N-dealkylation sites (N-methyl/N-ethyl adjacent to an activating group) is 1. The van der Waals surface area contributed by atoms with Gasteiger partial charge in [0, 0.05) is 6.42 Å². The molecule has 0 heterocycles. The number of nitrogens with one attached hydrogen (secondary N) is 1. The number of quaternary nitrogens is 1. The molecule has 0 aliphatic carbocycles. The average molecular weight is 816 g/mol. The Balaban J connectivity index is 4.29. The highest BCUT2D eigenvalue weighted by Gasteiger charge is 2.27. The lowest BCUT2D eigenvalue weighted by Gasteiger charge is -2.25. The van der Waals surface area contributed by atoms with Crippen molar-refractivity contribution in [3.8, 4) is 0 Å². The second-order valence-corrected chi connectivity index (χ2v) is 17.1. The minimum Gasteiger partial charge on any atom is -0.387 e. The van der Waals surface area contributed by atoms with Gasteiger partial charge in [0.05, 0.1) is 39.9 Å². The van der Waals surface area contributed by atoms with Crippen molar-refractivity contribution in [3.05, 3.63) is 97.2 Å². The molecule has 0 saturated carbocycles. The van der Waals surface area contributed by atoms with Crippen LogP contribution in [0.25, 0.3) is 0 Å². The fourth-order valence-corrected chi connectivity index (χ4v) is 6.28. The van der Waals surface area contributed by atoms with Crippen molar-refractivity contribution in [3.63, 3.8) is 0 Å². The number of amides is 1. The van der Waals surface area contributed by atoms with Gasteiger partial charge >= 0.3 is 7.82 Å². The summed E-state index contributed by atoms with van der Waals surface area (Å²) in [4.78, 5) is 23.0. The molecule has 0 rings (SSSR count). The van der Waals surface area contributed by atoms with E-state index < -0.39 is 20.0 Å². The maximum absolute atomic E-state index is 12.8. The van der Waals surface area contributed by atoms with Crippen molar-refractivity contribution < 1.29 is 32.9 Å². The van der Waals surface area contributed by atoms with E-state index in [0.717, 1.165) is 103 Å². The van der Waals surface area contributed by atoms with Crippen LogP contribution in [0.4, 0.5) is 0 Å². The lowest BCUT2D eigenvalue weighted by atomic mass is 10.1. The van der Waals surface area contributed by atoms with E-state index in [0.29, 0.717) is 17.4 Å². The first-order valence-corrected chi connectivity index (χ1v) is 23.6. The predicted octanol–water partition coefficient (Wildman–Crippen LogP) is 12.4. The van der Waals surface area contributed by atoms with Crippen molar-refractivity contribution in [1.82, 2.24) is 5.32 Å². The number of aliphatic hydroxyl groups is 1. The zero-order chi connectivity index (χ0) is 42.1. The van der Waals surface area contributed by atoms with Crippen molar-refractivity contribution in [2.24, 2.45) is 0 Å². The summed E-state index contributed by atoms with van der Waals surface area (Å²) >= 11 is 0. The van der Waals surface area contributed by atoms with Crippen LogP contribution in [0.15, 0.2) is 97.2 Å². The molecule has 0 aliphatic rings. The molecule has 0 aromatic rings. The van der Waals surface area contributed by atoms with Crippen LogP contribution in [0, 0.1) is 0 Å². The van der Waals surface area contributed by atoms with Gasteiger partial charge in [-0.3, -0.25) is 13.8 Å². The van der Waals surface area contributed by atoms with Gasteiger partial charge in [-0.25, -0.2) is 4.57 Å². The quantitative estimate of drug-likeness (QED) is 0.0248. The van der Waals surface area contributed by atoms with Crippen LogP contribution in [0.1, 0.15) is 149 Å². The normalized spacial score (nSPS) is 15.3. The second kappa shape index (κ2) is 38.9. The Morgan fingerprint density at radius 3 is 1.54 bits per heavy atom. The molecule has 0 aromatic carbocycles. The number of carbonyl (C=O) groups excluding carboxylic acids is 1. The maximum atomic E-state index is 12.8. The van der Waals surface area contributed by atoms with E-state index in [2.05, 4.69) is 104 Å². The first kappa shape index (κ1) is 54.4. The van der Waals surface area contributed by atoms with E-state index in [1.165, 1.54) is 25.7 Å². The molecular formula is C48H84N2O6P+. The van der Waals surface area contributed by atoms with Gasteiger partial charge in [0.25, 0.3) is 0 Å². The molecular weight excluding hydrogens is 732 g/mol. The van der Waals surface area contributed by atoms with Crippen molar-refractivity contribution in [2.45, 2.75) is 161 Å². The highest BCUT2D eigenvalue weighted by molar-refractivity contribution is 7.47. The number of rotatable bonds is 38. The molecule has 0 fully saturated rings. The molecule has 3 N–H and O–H groups in total. The van der Waals surface area contributed by atoms with Gasteiger partial charge in [-0.2, -0.15) is 0 Å². The number of carbonyl (C=O) groups is 1. The molecule has 0 aromatic heterocycles. The summed E-state index contributed by atoms with van der Waals surface area (Å²) in [5.41, 5.74) is 0. The van der Waals surface area contributed by atoms with Crippen LogP contribution in [0.5, 0.6) is 0 Å². The topological polar surface area (TPSA) is 105 Å². The first-order valence-electron chi connectivity index (χ1n) is 22.1. The minimum absolute atomic E-state index is 0.0512. The van der Waals surface area contributed by atoms with E-state index in [9.17, 15) is 19.4 Å². The molecule has 0 spiro atoms. The molecule has 326 valence electrons. The molecule has 1 amide bonds. The van der Waals surface area contributed by atoms with Gasteiger partial charge < -0.3 is 19.8 Å². The Kier molecular flexibility index (Phi) is 37.2. The first-order chi connectivity index (χ1) is 27.5. The average Bonchev–Trinajstić information content (AvgIpc) is 3.16. The van der Waals surface area contributed by atoms with Crippen LogP contribution < -0.4 is 5.32 Å². The van der Waals surface area contributed by atoms with E-state index in [1.807, 2.05) is 27.2 Å². The number of nitrogens with zero attached hydrogens (tertiary/aromatic N) is 1. The van der Waals surface area contributed by atoms with Crippen molar-refractivity contribution in [1.29, 1.82) is 0 Å². The molecule has 0 aliphatic heterocycles. The number of allylic oxidation sites excluding steroid dienone is 15. The van der Waals surface area contributed by atoms with Gasteiger partial charge in [0.1, 0.15) is 13.2 Å². The van der Waals surface area contributed by atoms with Gasteiger partial charge in [-0.1, -0.05) is 162 Å². The molecule has 0 saturated heterocycles. The highest BCUT2D eigenvalue weighted by Crippen LogP contribution is 2.43. The standard InChI is InChI=1S/C48H83N2O6P/c1-6-8-10-12-14-16-17-18-19-20-21-22-23-24-25-26-27-28-29-30-31-32-33-34-36-38-40-42-48(52)49-46(45-56-57(53,54)55-44-43-50(3,4)5)47(51)41-39-37-35-15-13-11-9-7-2/h8,10,14,16,18-19,21-22,24-25,27-28,30-31,39,41,46-47,51H,6-7,9,11-13,15,17,20,23,26,29,32-38,40,42-45H2,1-5H3,(H-,49,52,53,54)/p+1/b10-8-,16-14-,19-18-,22-21-,25-24-,28-27-,31-30-,41-39+. The SMILES string of the molecule is CC/C=C\C/C=C\C/C=C\C/C=C\C/C=C\C/C=C\C/C=C\CCCCCCCC(=O)NC(COP(=O)(O)OCC[N+](C)(C)C)C(O)/C=C/CCCCCCCC. The summed E-state index contributed by atoms with van der Waals surface area (Å²) in [6.45, 7) is 4.60. The monoisotopic (exact) mass is 816 g/mol. The third-order valence-corrected chi connectivity index (χ3v) is 10.0. The Hall–Kier alpha value is -2.58. The maximum Gasteiger partial charge on any atom is 0.472 e. The zero-order valence-corrected chi connectivity index (χ0v) is 37.7. The van der Waals surface area contributed by atoms with Gasteiger partial charge in [-0.15, -0.1) is 0 Å². The third kappa shape index (κ3) is 41.4. The fourth-order valence-electron chi connectivity index (χ4n) is 5.55. The summed E-state index contributed by atoms with van der Waals surface area (Å²) in [6.07, 6.45) is 54.9. The summed E-state index contributed by atoms with van der Waals surface area (Å²) in [7, 11) is 1.53. The lowest BCUT2D eigenvalue weighted by Crippen LogP contribution is -2.45. The largest absolute Gasteiger partial charge is 0.472 e. The van der Waals surface area contributed by atoms with Gasteiger partial charge in [-0.05, 0) is 77.0 Å². The van der Waals surface area contributed by atoms with Gasteiger partial charge in [0.2, 0.25) is 5.91 Å². The van der Waals surface area contributed by atoms with Crippen LogP contribution in [0.2, 0.25) is 0 Å². The summed E-state index contributed by atoms with van der Waals surface area (Å²) < 4.78 is 23.4. The number of aliphatic hydroxyl groups excluding tert-OH is 1. The molecule has 8 nitrogen and oxygen atoms in total. The molecule has 3 atom stereocenters. The summed E-state index contributed by atoms with van der Waals surface area (Å²) in [5, 5.41) is 13.7. The Labute approximate surface area is 349 Å². The van der Waals surface area contributed by atoms with Crippen molar-refractivity contribution in [2.75, 3.05) is 40.9 Å². The predicted molar refractivity (Wildman–Crippen MR) is 244 cm³/mol. The van der Waals surface area contributed by atoms with Crippen LogP contribution in [0.3, 0.4) is 0 Å². The number of unbranched alkanes of at least 4 members (excludes halogenated alkanes) is 11. The number of hydrogen-bond acceptors (Lipinski definition) is 5. The Morgan fingerprint density at radius 1 is 0.614 bits per heavy atom. The second-order valence-electron chi connectivity index (χ2n) is 15.7. The molecule has 3 unspecified atom stereocenters. The lowest BCUT2D eigenvalue weighted by molar-refractivity contribution is -0.870. The molecule has 0 bridgehead atoms. The van der Waals surface area contributed by atoms with E-state index >= 15 is 0 Å². The Morgan fingerprint density at radius 2 is 1.05 bits per heavy atom. The number of hydrogen-bond donors (Lipinski definition) is 3. The van der Waals surface area contributed by atoms with E-state index in [4.69, 9.17) is 9.05 Å². The Bertz CT molecular complexity index is 1240. The molecule has 9 heteroatoms. The van der Waals surface area contributed by atoms with E-state index in [-0.39, 0.29) is 19.1 Å². The minimum atomic E-state index is -4.34. The fraction of sp³-hybridized carbons (Fsp3) is 0.646. The van der Waals surface area contributed by atoms with Gasteiger partial charge in [0.15, 0.2) is 0 Å². The van der Waals surface area contributed by atoms with E-state index in [1.54, 1.807) is 6.08 Å². The summed E-state index contributed by atoms with van der Waals surface area (Å²) in [5.74, 6) is -0.206. The van der Waals surface area contributed by atoms with Crippen LogP contribution in [-0.4, -0.2) is 73.4 Å². The summed E-state index contributed by atoms with van der Waals surface area (Å²) in [6, 6.07) is -0.861.